The van der Waals surface area contributed by atoms with Crippen LogP contribution in [0.4, 0.5) is 11.5 Å². The van der Waals surface area contributed by atoms with Crippen molar-refractivity contribution in [3.8, 4) is 0 Å². The third kappa shape index (κ3) is 4.68. The molecule has 6 nitrogen and oxygen atoms in total. The second-order valence-electron chi connectivity index (χ2n) is 7.17. The van der Waals surface area contributed by atoms with Crippen LogP contribution in [0.3, 0.4) is 0 Å². The molecule has 3 rings (SSSR count). The molecule has 0 bridgehead atoms. The highest BCUT2D eigenvalue weighted by atomic mass is 16.5. The standard InChI is InChI=1S/C22H27N3O3/c1-4-28-22(27)17-9-11-25(12-10-17)20-8-6-18(14-23-20)21(26)24-19-7-5-15(2)16(3)13-19/h5-8,13-14,17H,4,9-12H2,1-3H3,(H,24,26). The second-order valence-corrected chi connectivity index (χ2v) is 7.17. The maximum atomic E-state index is 12.5. The molecule has 0 spiro atoms. The normalized spacial score (nSPS) is 14.6. The molecule has 1 aliphatic heterocycles. The van der Waals surface area contributed by atoms with E-state index in [1.54, 1.807) is 12.3 Å². The van der Waals surface area contributed by atoms with Gasteiger partial charge in [-0.25, -0.2) is 4.98 Å². The largest absolute Gasteiger partial charge is 0.466 e. The first-order valence-electron chi connectivity index (χ1n) is 9.74. The fourth-order valence-corrected chi connectivity index (χ4v) is 3.33. The number of carbonyl (C=O) groups is 2. The molecule has 1 saturated heterocycles. The number of aryl methyl sites for hydroxylation is 2. The molecule has 1 aliphatic rings. The van der Waals surface area contributed by atoms with E-state index in [9.17, 15) is 9.59 Å². The summed E-state index contributed by atoms with van der Waals surface area (Å²) in [6.07, 6.45) is 3.12. The minimum atomic E-state index is -0.177. The van der Waals surface area contributed by atoms with Crippen molar-refractivity contribution in [1.29, 1.82) is 0 Å². The topological polar surface area (TPSA) is 71.5 Å². The van der Waals surface area contributed by atoms with Gasteiger partial charge in [0, 0.05) is 25.0 Å². The number of carbonyl (C=O) groups excluding carboxylic acids is 2. The summed E-state index contributed by atoms with van der Waals surface area (Å²) in [5.74, 6) is 0.515. The zero-order valence-electron chi connectivity index (χ0n) is 16.7. The predicted molar refractivity (Wildman–Crippen MR) is 110 cm³/mol. The predicted octanol–water partition coefficient (Wildman–Crippen LogP) is 3.73. The first-order valence-corrected chi connectivity index (χ1v) is 9.74. The number of ether oxygens (including phenoxy) is 1. The van der Waals surface area contributed by atoms with Crippen molar-refractivity contribution in [2.45, 2.75) is 33.6 Å². The van der Waals surface area contributed by atoms with Crippen LogP contribution in [-0.2, 0) is 9.53 Å². The van der Waals surface area contributed by atoms with Crippen LogP contribution in [0, 0.1) is 19.8 Å². The molecule has 0 atom stereocenters. The number of pyridine rings is 1. The number of piperidine rings is 1. The highest BCUT2D eigenvalue weighted by molar-refractivity contribution is 6.04. The average molecular weight is 381 g/mol. The number of hydrogen-bond acceptors (Lipinski definition) is 5. The molecule has 0 saturated carbocycles. The summed E-state index contributed by atoms with van der Waals surface area (Å²) in [5.41, 5.74) is 3.62. The van der Waals surface area contributed by atoms with Crippen LogP contribution in [0.15, 0.2) is 36.5 Å². The Labute approximate surface area is 165 Å². The van der Waals surface area contributed by atoms with Gasteiger partial charge in [-0.15, -0.1) is 0 Å². The van der Waals surface area contributed by atoms with Crippen molar-refractivity contribution in [2.75, 3.05) is 29.9 Å². The Hall–Kier alpha value is -2.89. The summed E-state index contributed by atoms with van der Waals surface area (Å²) in [7, 11) is 0. The highest BCUT2D eigenvalue weighted by Gasteiger charge is 2.26. The number of nitrogens with zero attached hydrogens (tertiary/aromatic N) is 2. The summed E-state index contributed by atoms with van der Waals surface area (Å²) < 4.78 is 5.11. The Bertz CT molecular complexity index is 841. The van der Waals surface area contributed by atoms with Gasteiger partial charge < -0.3 is 15.0 Å². The molecule has 6 heteroatoms. The molecule has 0 radical (unpaired) electrons. The van der Waals surface area contributed by atoms with Crippen molar-refractivity contribution >= 4 is 23.4 Å². The van der Waals surface area contributed by atoms with Gasteiger partial charge in [0.2, 0.25) is 0 Å². The number of hydrogen-bond donors (Lipinski definition) is 1. The van der Waals surface area contributed by atoms with Crippen molar-refractivity contribution in [3.05, 3.63) is 53.2 Å². The summed E-state index contributed by atoms with van der Waals surface area (Å²) in [6, 6.07) is 9.50. The van der Waals surface area contributed by atoms with Gasteiger partial charge in [0.25, 0.3) is 5.91 Å². The third-order valence-corrected chi connectivity index (χ3v) is 5.21. The molecule has 1 fully saturated rings. The van der Waals surface area contributed by atoms with E-state index in [4.69, 9.17) is 4.74 Å². The van der Waals surface area contributed by atoms with E-state index in [0.29, 0.717) is 12.2 Å². The van der Waals surface area contributed by atoms with Crippen LogP contribution < -0.4 is 10.2 Å². The number of esters is 1. The smallest absolute Gasteiger partial charge is 0.309 e. The lowest BCUT2D eigenvalue weighted by atomic mass is 9.97. The molecule has 1 aromatic carbocycles. The van der Waals surface area contributed by atoms with Crippen molar-refractivity contribution in [1.82, 2.24) is 4.98 Å². The number of rotatable bonds is 5. The summed E-state index contributed by atoms with van der Waals surface area (Å²) in [4.78, 5) is 30.9. The van der Waals surface area contributed by atoms with Gasteiger partial charge in [-0.1, -0.05) is 6.07 Å². The number of amides is 1. The van der Waals surface area contributed by atoms with Crippen LogP contribution in [0.25, 0.3) is 0 Å². The van der Waals surface area contributed by atoms with Gasteiger partial charge in [0.15, 0.2) is 0 Å². The SMILES string of the molecule is CCOC(=O)C1CCN(c2ccc(C(=O)Nc3ccc(C)c(C)c3)cn2)CC1. The van der Waals surface area contributed by atoms with E-state index in [1.807, 2.05) is 45.0 Å². The molecule has 1 N–H and O–H groups in total. The second kappa shape index (κ2) is 8.87. The lowest BCUT2D eigenvalue weighted by Crippen LogP contribution is -2.37. The van der Waals surface area contributed by atoms with E-state index < -0.39 is 0 Å². The molecule has 2 heterocycles. The van der Waals surface area contributed by atoms with Crippen LogP contribution in [0.1, 0.15) is 41.3 Å². The first kappa shape index (κ1) is 19.9. The first-order chi connectivity index (χ1) is 13.5. The number of benzene rings is 1. The monoisotopic (exact) mass is 381 g/mol. The van der Waals surface area contributed by atoms with Crippen LogP contribution in [0.5, 0.6) is 0 Å². The molecule has 28 heavy (non-hydrogen) atoms. The molecular formula is C22H27N3O3. The highest BCUT2D eigenvalue weighted by Crippen LogP contribution is 2.23. The van der Waals surface area contributed by atoms with E-state index in [-0.39, 0.29) is 17.8 Å². The van der Waals surface area contributed by atoms with Gasteiger partial charge >= 0.3 is 5.97 Å². The summed E-state index contributed by atoms with van der Waals surface area (Å²) in [5, 5.41) is 2.91. The average Bonchev–Trinajstić information content (AvgIpc) is 2.71. The Balaban J connectivity index is 1.58. The lowest BCUT2D eigenvalue weighted by Gasteiger charge is -2.31. The molecule has 2 aromatic rings. The Kier molecular flexibility index (Phi) is 6.29. The lowest BCUT2D eigenvalue weighted by molar-refractivity contribution is -0.148. The number of nitrogens with one attached hydrogen (secondary N) is 1. The van der Waals surface area contributed by atoms with Gasteiger partial charge in [-0.05, 0) is 69.0 Å². The molecule has 0 aliphatic carbocycles. The molecule has 1 amide bonds. The molecular weight excluding hydrogens is 354 g/mol. The molecule has 1 aromatic heterocycles. The third-order valence-electron chi connectivity index (χ3n) is 5.21. The van der Waals surface area contributed by atoms with Gasteiger partial charge in [0.05, 0.1) is 18.1 Å². The van der Waals surface area contributed by atoms with Crippen LogP contribution in [-0.4, -0.2) is 36.6 Å². The van der Waals surface area contributed by atoms with Crippen LogP contribution >= 0.6 is 0 Å². The minimum Gasteiger partial charge on any atom is -0.466 e. The van der Waals surface area contributed by atoms with Crippen LogP contribution in [0.2, 0.25) is 0 Å². The number of anilines is 2. The Morgan fingerprint density at radius 2 is 1.89 bits per heavy atom. The van der Waals surface area contributed by atoms with Crippen molar-refractivity contribution < 1.29 is 14.3 Å². The maximum absolute atomic E-state index is 12.5. The zero-order valence-corrected chi connectivity index (χ0v) is 16.7. The molecule has 0 unspecified atom stereocenters. The fourth-order valence-electron chi connectivity index (χ4n) is 3.33. The number of aromatic nitrogens is 1. The summed E-state index contributed by atoms with van der Waals surface area (Å²) >= 11 is 0. The van der Waals surface area contributed by atoms with E-state index in [0.717, 1.165) is 43.0 Å². The summed E-state index contributed by atoms with van der Waals surface area (Å²) in [6.45, 7) is 7.82. The van der Waals surface area contributed by atoms with Gasteiger partial charge in [-0.3, -0.25) is 9.59 Å². The zero-order chi connectivity index (χ0) is 20.1. The quantitative estimate of drug-likeness (QED) is 0.799. The minimum absolute atomic E-state index is 0.0285. The van der Waals surface area contributed by atoms with E-state index in [2.05, 4.69) is 15.2 Å². The van der Waals surface area contributed by atoms with Crippen molar-refractivity contribution in [2.24, 2.45) is 5.92 Å². The van der Waals surface area contributed by atoms with E-state index in [1.165, 1.54) is 5.56 Å². The molecule has 148 valence electrons. The van der Waals surface area contributed by atoms with Crippen molar-refractivity contribution in [3.63, 3.8) is 0 Å². The fraction of sp³-hybridized carbons (Fsp3) is 0.409. The Morgan fingerprint density at radius 1 is 1.14 bits per heavy atom. The van der Waals surface area contributed by atoms with E-state index >= 15 is 0 Å². The Morgan fingerprint density at radius 3 is 2.50 bits per heavy atom. The maximum Gasteiger partial charge on any atom is 0.309 e. The van der Waals surface area contributed by atoms with Gasteiger partial charge in [0.1, 0.15) is 5.82 Å². The van der Waals surface area contributed by atoms with Gasteiger partial charge in [-0.2, -0.15) is 0 Å².